The molecule has 7 heteroatoms. The Bertz CT molecular complexity index is 1380. The third kappa shape index (κ3) is 4.22. The van der Waals surface area contributed by atoms with Gasteiger partial charge in [0.15, 0.2) is 5.11 Å². The Labute approximate surface area is 221 Å². The predicted octanol–water partition coefficient (Wildman–Crippen LogP) is 7.54. The lowest BCUT2D eigenvalue weighted by molar-refractivity contribution is 0.565. The standard InChI is InChI=1S/C28H26Cl2N4S/c1-4-19-11-13-20(14-12-19)34-27(26(32-28(34)35)23-9-5-6-15-31-23)21-16-17(2)33(18(21)3)24-10-7-8-22(29)25(24)30/h5-16,26-27H,4H2,1-3H3,(H,32,35)/t26-,27+/m1/s1. The van der Waals surface area contributed by atoms with E-state index in [0.717, 1.165) is 40.4 Å². The average Bonchev–Trinajstić information content (AvgIpc) is 3.36. The SMILES string of the molecule is CCc1ccc(N2C(=S)N[C@H](c3ccccn3)[C@@H]2c2cc(C)n(-c3cccc(Cl)c3Cl)c2C)cc1. The molecular formula is C28H26Cl2N4S. The van der Waals surface area contributed by atoms with Crippen LogP contribution in [0, 0.1) is 13.8 Å². The lowest BCUT2D eigenvalue weighted by Crippen LogP contribution is -2.29. The van der Waals surface area contributed by atoms with Crippen LogP contribution in [0.1, 0.15) is 47.2 Å². The molecule has 0 radical (unpaired) electrons. The Morgan fingerprint density at radius 2 is 1.77 bits per heavy atom. The Hall–Kier alpha value is -2.86. The van der Waals surface area contributed by atoms with E-state index in [0.29, 0.717) is 15.2 Å². The van der Waals surface area contributed by atoms with E-state index < -0.39 is 0 Å². The van der Waals surface area contributed by atoms with Gasteiger partial charge in [-0.2, -0.15) is 0 Å². The molecule has 5 rings (SSSR count). The fourth-order valence-electron chi connectivity index (χ4n) is 4.96. The number of hydrogen-bond acceptors (Lipinski definition) is 2. The summed E-state index contributed by atoms with van der Waals surface area (Å²) in [6.07, 6.45) is 2.81. The first kappa shape index (κ1) is 23.9. The summed E-state index contributed by atoms with van der Waals surface area (Å²) in [5.74, 6) is 0. The van der Waals surface area contributed by atoms with E-state index in [-0.39, 0.29) is 12.1 Å². The number of halogens is 2. The first-order chi connectivity index (χ1) is 16.9. The number of rotatable bonds is 5. The van der Waals surface area contributed by atoms with Gasteiger partial charge in [-0.25, -0.2) is 0 Å². The number of anilines is 1. The molecule has 4 nitrogen and oxygen atoms in total. The van der Waals surface area contributed by atoms with Gasteiger partial charge in [-0.15, -0.1) is 0 Å². The van der Waals surface area contributed by atoms with Gasteiger partial charge >= 0.3 is 0 Å². The molecule has 0 amide bonds. The normalized spacial score (nSPS) is 17.6. The zero-order valence-electron chi connectivity index (χ0n) is 19.8. The van der Waals surface area contributed by atoms with E-state index in [9.17, 15) is 0 Å². The van der Waals surface area contributed by atoms with Crippen LogP contribution in [-0.2, 0) is 6.42 Å². The van der Waals surface area contributed by atoms with Crippen molar-refractivity contribution in [2.45, 2.75) is 39.3 Å². The maximum atomic E-state index is 6.64. The van der Waals surface area contributed by atoms with Gasteiger partial charge in [-0.05, 0) is 86.1 Å². The number of nitrogens with one attached hydrogen (secondary N) is 1. The largest absolute Gasteiger partial charge is 0.351 e. The number of pyridine rings is 1. The van der Waals surface area contributed by atoms with Crippen molar-refractivity contribution in [3.8, 4) is 5.69 Å². The summed E-state index contributed by atoms with van der Waals surface area (Å²) in [4.78, 5) is 6.88. The highest BCUT2D eigenvalue weighted by molar-refractivity contribution is 7.80. The van der Waals surface area contributed by atoms with E-state index in [1.54, 1.807) is 6.07 Å². The highest BCUT2D eigenvalue weighted by Gasteiger charge is 2.42. The fraction of sp³-hybridized carbons (Fsp3) is 0.214. The first-order valence-electron chi connectivity index (χ1n) is 11.6. The number of thiocarbonyl (C=S) groups is 1. The quantitative estimate of drug-likeness (QED) is 0.275. The molecule has 0 saturated carbocycles. The third-order valence-electron chi connectivity index (χ3n) is 6.68. The minimum absolute atomic E-state index is 0.0946. The highest BCUT2D eigenvalue weighted by atomic mass is 35.5. The zero-order valence-corrected chi connectivity index (χ0v) is 22.1. The summed E-state index contributed by atoms with van der Waals surface area (Å²) < 4.78 is 2.17. The molecule has 1 aliphatic rings. The zero-order chi connectivity index (χ0) is 24.7. The van der Waals surface area contributed by atoms with E-state index in [4.69, 9.17) is 35.4 Å². The number of aryl methyl sites for hydroxylation is 2. The molecule has 1 aliphatic heterocycles. The van der Waals surface area contributed by atoms with Gasteiger partial charge in [-0.1, -0.05) is 54.4 Å². The van der Waals surface area contributed by atoms with Crippen LogP contribution < -0.4 is 10.2 Å². The maximum Gasteiger partial charge on any atom is 0.174 e. The summed E-state index contributed by atoms with van der Waals surface area (Å²) >= 11 is 18.9. The van der Waals surface area contributed by atoms with Gasteiger partial charge in [0.1, 0.15) is 0 Å². The number of aromatic nitrogens is 2. The summed E-state index contributed by atoms with van der Waals surface area (Å²) in [5, 5.41) is 5.30. The molecule has 0 bridgehead atoms. The van der Waals surface area contributed by atoms with Crippen LogP contribution in [-0.4, -0.2) is 14.7 Å². The monoisotopic (exact) mass is 520 g/mol. The highest BCUT2D eigenvalue weighted by Crippen LogP contribution is 2.44. The van der Waals surface area contributed by atoms with Crippen LogP contribution in [0.2, 0.25) is 10.0 Å². The summed E-state index contributed by atoms with van der Waals surface area (Å²) in [6.45, 7) is 6.37. The molecule has 1 fully saturated rings. The Morgan fingerprint density at radius 3 is 2.46 bits per heavy atom. The van der Waals surface area contributed by atoms with Gasteiger partial charge in [0.05, 0.1) is 33.5 Å². The molecule has 0 unspecified atom stereocenters. The van der Waals surface area contributed by atoms with Gasteiger partial charge in [0.25, 0.3) is 0 Å². The van der Waals surface area contributed by atoms with Crippen molar-refractivity contribution >= 4 is 46.2 Å². The number of nitrogens with zero attached hydrogens (tertiary/aromatic N) is 3. The summed E-state index contributed by atoms with van der Waals surface area (Å²) in [6, 6.07) is 22.3. The van der Waals surface area contributed by atoms with E-state index in [1.165, 1.54) is 5.56 Å². The molecule has 35 heavy (non-hydrogen) atoms. The van der Waals surface area contributed by atoms with Crippen molar-refractivity contribution in [2.24, 2.45) is 0 Å². The number of benzene rings is 2. The van der Waals surface area contributed by atoms with Crippen LogP contribution >= 0.6 is 35.4 Å². The minimum Gasteiger partial charge on any atom is -0.351 e. The lowest BCUT2D eigenvalue weighted by atomic mass is 9.96. The first-order valence-corrected chi connectivity index (χ1v) is 12.8. The molecule has 0 aliphatic carbocycles. The smallest absolute Gasteiger partial charge is 0.174 e. The second-order valence-corrected chi connectivity index (χ2v) is 9.92. The molecule has 1 saturated heterocycles. The van der Waals surface area contributed by atoms with Crippen molar-refractivity contribution in [3.63, 3.8) is 0 Å². The van der Waals surface area contributed by atoms with Crippen LogP contribution in [0.4, 0.5) is 5.69 Å². The molecule has 1 N–H and O–H groups in total. The van der Waals surface area contributed by atoms with E-state index >= 15 is 0 Å². The van der Waals surface area contributed by atoms with Crippen LogP contribution in [0.25, 0.3) is 5.69 Å². The van der Waals surface area contributed by atoms with Crippen molar-refractivity contribution in [1.29, 1.82) is 0 Å². The number of hydrogen-bond donors (Lipinski definition) is 1. The second-order valence-electron chi connectivity index (χ2n) is 8.75. The third-order valence-corrected chi connectivity index (χ3v) is 7.81. The Kier molecular flexibility index (Phi) is 6.58. The van der Waals surface area contributed by atoms with E-state index in [1.807, 2.05) is 36.5 Å². The van der Waals surface area contributed by atoms with Gasteiger partial charge in [0.2, 0.25) is 0 Å². The summed E-state index contributed by atoms with van der Waals surface area (Å²) in [5.41, 5.74) is 7.45. The van der Waals surface area contributed by atoms with Crippen molar-refractivity contribution in [2.75, 3.05) is 4.90 Å². The van der Waals surface area contributed by atoms with Gasteiger partial charge < -0.3 is 14.8 Å². The van der Waals surface area contributed by atoms with Crippen molar-refractivity contribution in [1.82, 2.24) is 14.9 Å². The van der Waals surface area contributed by atoms with Crippen LogP contribution in [0.15, 0.2) is 72.9 Å². The minimum atomic E-state index is -0.113. The van der Waals surface area contributed by atoms with Crippen molar-refractivity contribution < 1.29 is 0 Å². The topological polar surface area (TPSA) is 33.1 Å². The Morgan fingerprint density at radius 1 is 1.00 bits per heavy atom. The molecular weight excluding hydrogens is 495 g/mol. The predicted molar refractivity (Wildman–Crippen MR) is 149 cm³/mol. The van der Waals surface area contributed by atoms with Crippen molar-refractivity contribution in [3.05, 3.63) is 111 Å². The lowest BCUT2D eigenvalue weighted by Gasteiger charge is -2.28. The van der Waals surface area contributed by atoms with Gasteiger partial charge in [0, 0.05) is 23.3 Å². The molecule has 2 atom stereocenters. The maximum absolute atomic E-state index is 6.64. The molecule has 2 aromatic heterocycles. The molecule has 2 aromatic carbocycles. The van der Waals surface area contributed by atoms with Gasteiger partial charge in [-0.3, -0.25) is 4.98 Å². The molecule has 0 spiro atoms. The molecule has 178 valence electrons. The summed E-state index contributed by atoms with van der Waals surface area (Å²) in [7, 11) is 0. The van der Waals surface area contributed by atoms with E-state index in [2.05, 4.69) is 70.9 Å². The fourth-order valence-corrected chi connectivity index (χ4v) is 5.69. The van der Waals surface area contributed by atoms with Crippen LogP contribution in [0.5, 0.6) is 0 Å². The Balaban J connectivity index is 1.68. The second kappa shape index (κ2) is 9.65. The molecule has 3 heterocycles. The average molecular weight is 522 g/mol. The molecule has 4 aromatic rings. The van der Waals surface area contributed by atoms with Crippen LogP contribution in [0.3, 0.4) is 0 Å².